The predicted molar refractivity (Wildman–Crippen MR) is 116 cm³/mol. The molecule has 0 aliphatic heterocycles. The third kappa shape index (κ3) is 17.9. The molecule has 4 nitrogen and oxygen atoms in total. The van der Waals surface area contributed by atoms with Crippen molar-refractivity contribution in [2.45, 2.75) is 82.5 Å². The zero-order chi connectivity index (χ0) is 20.2. The van der Waals surface area contributed by atoms with Crippen LogP contribution in [0, 0.1) is 0 Å². The van der Waals surface area contributed by atoms with E-state index in [0.29, 0.717) is 12.8 Å². The number of carboxylic acid groups (broad SMARTS) is 1. The third-order valence-electron chi connectivity index (χ3n) is 4.02. The van der Waals surface area contributed by atoms with Gasteiger partial charge in [-0.15, -0.1) is 0 Å². The fourth-order valence-corrected chi connectivity index (χ4v) is 2.88. The molecule has 0 aliphatic carbocycles. The molecule has 0 aromatic rings. The lowest BCUT2D eigenvalue weighted by Crippen LogP contribution is -2.21. The van der Waals surface area contributed by atoms with Crippen molar-refractivity contribution in [3.63, 3.8) is 0 Å². The zero-order valence-corrected chi connectivity index (χ0v) is 17.3. The van der Waals surface area contributed by atoms with E-state index >= 15 is 0 Å². The largest absolute Gasteiger partial charge is 0.481 e. The van der Waals surface area contributed by atoms with Gasteiger partial charge in [0, 0.05) is 6.42 Å². The molecule has 0 saturated heterocycles. The number of aliphatic hydroxyl groups is 1. The molecule has 0 fully saturated rings. The summed E-state index contributed by atoms with van der Waals surface area (Å²) in [6, 6.07) is 0. The minimum absolute atomic E-state index is 0.190. The Morgan fingerprint density at radius 3 is 2.15 bits per heavy atom. The highest BCUT2D eigenvalue weighted by molar-refractivity contribution is 7.94. The molecule has 0 radical (unpaired) electrons. The van der Waals surface area contributed by atoms with Crippen molar-refractivity contribution < 1.29 is 19.6 Å². The van der Waals surface area contributed by atoms with Crippen LogP contribution >= 0.6 is 12.0 Å². The fourth-order valence-electron chi connectivity index (χ4n) is 2.43. The van der Waals surface area contributed by atoms with Gasteiger partial charge in [0.1, 0.15) is 0 Å². The number of hydrogen-bond donors (Lipinski definition) is 3. The summed E-state index contributed by atoms with van der Waals surface area (Å²) in [5.74, 6) is -0.712. The lowest BCUT2D eigenvalue weighted by atomic mass is 10.1. The maximum absolute atomic E-state index is 10.4. The van der Waals surface area contributed by atoms with Crippen LogP contribution in [0.25, 0.3) is 0 Å². The molecular formula is C22H36O4S. The number of rotatable bonds is 17. The molecule has 2 atom stereocenters. The molecule has 0 saturated carbocycles. The lowest BCUT2D eigenvalue weighted by Gasteiger charge is -2.16. The Balaban J connectivity index is 3.74. The van der Waals surface area contributed by atoms with Crippen molar-refractivity contribution in [3.8, 4) is 0 Å². The second-order valence-electron chi connectivity index (χ2n) is 6.44. The minimum atomic E-state index is -0.712. The van der Waals surface area contributed by atoms with Crippen LogP contribution in [0.2, 0.25) is 0 Å². The van der Waals surface area contributed by atoms with Crippen molar-refractivity contribution in [2.24, 2.45) is 0 Å². The first-order valence-electron chi connectivity index (χ1n) is 9.91. The summed E-state index contributed by atoms with van der Waals surface area (Å²) in [6.45, 7) is 2.05. The summed E-state index contributed by atoms with van der Waals surface area (Å²) in [5, 5.41) is 18.4. The van der Waals surface area contributed by atoms with Crippen molar-refractivity contribution in [1.82, 2.24) is 0 Å². The third-order valence-corrected chi connectivity index (χ3v) is 4.80. The van der Waals surface area contributed by atoms with E-state index in [9.17, 15) is 14.5 Å². The molecule has 27 heavy (non-hydrogen) atoms. The topological polar surface area (TPSA) is 77.8 Å². The van der Waals surface area contributed by atoms with Gasteiger partial charge >= 0.3 is 5.97 Å². The zero-order valence-electron chi connectivity index (χ0n) is 16.5. The van der Waals surface area contributed by atoms with E-state index in [1.54, 1.807) is 0 Å². The summed E-state index contributed by atoms with van der Waals surface area (Å²) in [5.41, 5.74) is 0. The number of unbranched alkanes of at least 4 members (excludes halogenated alkanes) is 3. The van der Waals surface area contributed by atoms with Crippen LogP contribution in [0.15, 0.2) is 48.6 Å². The van der Waals surface area contributed by atoms with Gasteiger partial charge in [0.25, 0.3) is 0 Å². The Hall–Kier alpha value is -1.30. The molecule has 0 aliphatic rings. The van der Waals surface area contributed by atoms with Gasteiger partial charge < -0.3 is 14.8 Å². The van der Waals surface area contributed by atoms with Gasteiger partial charge in [0.15, 0.2) is 0 Å². The van der Waals surface area contributed by atoms with Crippen molar-refractivity contribution >= 4 is 18.0 Å². The van der Waals surface area contributed by atoms with Gasteiger partial charge in [-0.05, 0) is 63.4 Å². The fraction of sp³-hybridized carbons (Fsp3) is 0.591. The minimum Gasteiger partial charge on any atom is -0.481 e. The van der Waals surface area contributed by atoms with Gasteiger partial charge in [-0.1, -0.05) is 62.0 Å². The number of hydrogen-bond acceptors (Lipinski definition) is 4. The van der Waals surface area contributed by atoms with Gasteiger partial charge in [-0.2, -0.15) is 0 Å². The monoisotopic (exact) mass is 396 g/mol. The van der Waals surface area contributed by atoms with Crippen LogP contribution in [0.5, 0.6) is 0 Å². The molecule has 5 heteroatoms. The Morgan fingerprint density at radius 2 is 1.52 bits per heavy atom. The van der Waals surface area contributed by atoms with E-state index in [0.717, 1.165) is 57.0 Å². The quantitative estimate of drug-likeness (QED) is 0.156. The average Bonchev–Trinajstić information content (AvgIpc) is 2.64. The lowest BCUT2D eigenvalue weighted by molar-refractivity contribution is -0.137. The predicted octanol–water partition coefficient (Wildman–Crippen LogP) is 6.15. The van der Waals surface area contributed by atoms with Crippen LogP contribution in [-0.2, 0) is 4.79 Å². The highest BCUT2D eigenvalue weighted by Crippen LogP contribution is 2.18. The summed E-state index contributed by atoms with van der Waals surface area (Å²) in [4.78, 5) is 10.4. The first-order valence-corrected chi connectivity index (χ1v) is 10.8. The number of aliphatic hydroxyl groups excluding tert-OH is 1. The molecule has 0 spiro atoms. The van der Waals surface area contributed by atoms with Crippen molar-refractivity contribution in [3.05, 3.63) is 48.6 Å². The average molecular weight is 397 g/mol. The second-order valence-corrected chi connectivity index (χ2v) is 7.26. The molecule has 0 amide bonds. The molecule has 2 unspecified atom stereocenters. The highest BCUT2D eigenvalue weighted by Gasteiger charge is 2.16. The Kier molecular flexibility index (Phi) is 18.5. The van der Waals surface area contributed by atoms with Crippen molar-refractivity contribution in [1.29, 1.82) is 0 Å². The Bertz CT molecular complexity index is 469. The van der Waals surface area contributed by atoms with E-state index in [-0.39, 0.29) is 11.7 Å². The molecule has 0 heterocycles. The summed E-state index contributed by atoms with van der Waals surface area (Å²) >= 11 is 0.730. The van der Waals surface area contributed by atoms with E-state index in [4.69, 9.17) is 5.11 Å². The molecule has 0 aromatic heterocycles. The molecule has 0 aromatic carbocycles. The SMILES string of the molecule is CC/C=C\CC(O)C(C/C=C\C/C=C\C/C=C\CCCCCC(=O)O)SO. The van der Waals surface area contributed by atoms with Crippen molar-refractivity contribution in [2.75, 3.05) is 0 Å². The number of aliphatic carboxylic acids is 1. The maximum Gasteiger partial charge on any atom is 0.303 e. The van der Waals surface area contributed by atoms with Gasteiger partial charge in [-0.25, -0.2) is 0 Å². The first kappa shape index (κ1) is 25.7. The standard InChI is InChI=1S/C22H36O4S/c1-2-3-14-17-20(23)21(27-26)18-15-12-10-8-6-4-5-7-9-11-13-16-19-22(24)25/h3,5-8,12,14-15,20-21,23,26H,2,4,9-11,13,16-19H2,1H3,(H,24,25)/b7-5-,8-6-,14-3-,15-12-. The summed E-state index contributed by atoms with van der Waals surface area (Å²) < 4.78 is 9.32. The molecule has 0 rings (SSSR count). The van der Waals surface area contributed by atoms with Gasteiger partial charge in [0.2, 0.25) is 0 Å². The molecule has 0 bridgehead atoms. The molecular weight excluding hydrogens is 360 g/mol. The first-order chi connectivity index (χ1) is 13.1. The number of carbonyl (C=O) groups is 1. The molecule has 154 valence electrons. The van der Waals surface area contributed by atoms with Crippen LogP contribution < -0.4 is 0 Å². The van der Waals surface area contributed by atoms with E-state index in [2.05, 4.69) is 37.3 Å². The van der Waals surface area contributed by atoms with E-state index in [1.165, 1.54) is 0 Å². The van der Waals surface area contributed by atoms with E-state index < -0.39 is 12.1 Å². The number of carboxylic acids is 1. The molecule has 3 N–H and O–H groups in total. The Morgan fingerprint density at radius 1 is 0.889 bits per heavy atom. The normalized spacial score (nSPS) is 14.8. The summed E-state index contributed by atoms with van der Waals surface area (Å²) in [6.07, 6.45) is 24.0. The Labute approximate surface area is 169 Å². The van der Waals surface area contributed by atoms with Gasteiger partial charge in [0.05, 0.1) is 11.4 Å². The number of allylic oxidation sites excluding steroid dienone is 7. The van der Waals surface area contributed by atoms with Crippen LogP contribution in [0.3, 0.4) is 0 Å². The van der Waals surface area contributed by atoms with Gasteiger partial charge in [-0.3, -0.25) is 4.79 Å². The van der Waals surface area contributed by atoms with E-state index in [1.807, 2.05) is 18.2 Å². The highest BCUT2D eigenvalue weighted by atomic mass is 32.2. The van der Waals surface area contributed by atoms with Crippen LogP contribution in [0.4, 0.5) is 0 Å². The van der Waals surface area contributed by atoms with Crippen LogP contribution in [-0.4, -0.2) is 32.1 Å². The smallest absolute Gasteiger partial charge is 0.303 e. The van der Waals surface area contributed by atoms with Crippen LogP contribution in [0.1, 0.15) is 71.1 Å². The maximum atomic E-state index is 10.4. The summed E-state index contributed by atoms with van der Waals surface area (Å²) in [7, 11) is 0. The second kappa shape index (κ2) is 19.5.